The van der Waals surface area contributed by atoms with Crippen molar-refractivity contribution in [1.29, 1.82) is 5.26 Å². The van der Waals surface area contributed by atoms with Crippen molar-refractivity contribution in [2.24, 2.45) is 4.99 Å². The molecule has 2 atom stereocenters. The van der Waals surface area contributed by atoms with Crippen LogP contribution in [0.4, 0.5) is 15.8 Å². The Morgan fingerprint density at radius 3 is 2.84 bits per heavy atom. The number of benzene rings is 2. The van der Waals surface area contributed by atoms with Crippen LogP contribution in [0, 0.1) is 17.1 Å². The van der Waals surface area contributed by atoms with Gasteiger partial charge in [-0.25, -0.2) is 9.38 Å². The lowest BCUT2D eigenvalue weighted by molar-refractivity contribution is -0.127. The average Bonchev–Trinajstić information content (AvgIpc) is 3.40. The Balaban J connectivity index is 1.38. The van der Waals surface area contributed by atoms with E-state index in [9.17, 15) is 14.4 Å². The molecule has 3 aliphatic rings. The van der Waals surface area contributed by atoms with Gasteiger partial charge in [-0.2, -0.15) is 10.4 Å². The van der Waals surface area contributed by atoms with Gasteiger partial charge in [-0.3, -0.25) is 19.7 Å². The van der Waals surface area contributed by atoms with Crippen molar-refractivity contribution in [3.8, 4) is 6.07 Å². The molecule has 0 spiro atoms. The standard InChI is InChI=1S/C27H27FN8O/c1-16-26(37)36(21-9-5-6-17(10-21)13-29)23-15-30-27(33-25(23)35(16)20-7-3-2-4-8-20)32-19-11-18-14-31-34-24(18)22(28)12-19/h5-6,9-12,14-16,20,25H,2-4,7-8H2,1H3,(H,31,34)(H2,30,32,33)/t16-,25?/m1/s1. The van der Waals surface area contributed by atoms with Crippen molar-refractivity contribution in [2.45, 2.75) is 57.3 Å². The van der Waals surface area contributed by atoms with Gasteiger partial charge in [0.15, 0.2) is 5.82 Å². The van der Waals surface area contributed by atoms with Gasteiger partial charge in [0.2, 0.25) is 11.9 Å². The fourth-order valence-corrected chi connectivity index (χ4v) is 5.67. The SMILES string of the molecule is C[C@@H]1C(=O)N(c2cccc(C#N)c2)C2=CNC(Nc3cc(F)c4[nH]ncc4c3)=NC2N1C1CCCCC1. The first-order valence-corrected chi connectivity index (χ1v) is 12.6. The fraction of sp³-hybridized carbons (Fsp3) is 0.333. The predicted octanol–water partition coefficient (Wildman–Crippen LogP) is 4.18. The summed E-state index contributed by atoms with van der Waals surface area (Å²) in [5.74, 6) is 0.00235. The van der Waals surface area contributed by atoms with E-state index in [0.29, 0.717) is 39.5 Å². The number of hydrogen-bond donors (Lipinski definition) is 3. The lowest BCUT2D eigenvalue weighted by Crippen LogP contribution is -2.64. The van der Waals surface area contributed by atoms with Crippen molar-refractivity contribution < 1.29 is 9.18 Å². The van der Waals surface area contributed by atoms with E-state index in [1.165, 1.54) is 12.5 Å². The number of carbonyl (C=O) groups excluding carboxylic acids is 1. The molecular formula is C27H27FN8O. The molecule has 0 radical (unpaired) electrons. The fourth-order valence-electron chi connectivity index (χ4n) is 5.67. The van der Waals surface area contributed by atoms with Crippen molar-refractivity contribution >= 4 is 34.1 Å². The quantitative estimate of drug-likeness (QED) is 0.499. The van der Waals surface area contributed by atoms with Gasteiger partial charge in [-0.05, 0) is 50.1 Å². The first-order valence-electron chi connectivity index (χ1n) is 12.6. The number of carbonyl (C=O) groups is 1. The molecule has 188 valence electrons. The van der Waals surface area contributed by atoms with Crippen molar-refractivity contribution in [3.63, 3.8) is 0 Å². The summed E-state index contributed by atoms with van der Waals surface area (Å²) in [6.45, 7) is 1.93. The maximum absolute atomic E-state index is 14.5. The van der Waals surface area contributed by atoms with E-state index in [1.54, 1.807) is 41.6 Å². The molecule has 2 aromatic carbocycles. The summed E-state index contributed by atoms with van der Waals surface area (Å²) in [5.41, 5.74) is 2.71. The highest BCUT2D eigenvalue weighted by Crippen LogP contribution is 2.37. The Labute approximate surface area is 213 Å². The first kappa shape index (κ1) is 23.2. The van der Waals surface area contributed by atoms with E-state index >= 15 is 0 Å². The minimum absolute atomic E-state index is 0.0518. The second-order valence-electron chi connectivity index (χ2n) is 9.73. The monoisotopic (exact) mass is 498 g/mol. The number of fused-ring (bicyclic) bond motifs is 2. The van der Waals surface area contributed by atoms with Crippen molar-refractivity contribution in [3.05, 3.63) is 65.9 Å². The third-order valence-corrected chi connectivity index (χ3v) is 7.43. The highest BCUT2D eigenvalue weighted by Gasteiger charge is 2.46. The smallest absolute Gasteiger partial charge is 0.248 e. The van der Waals surface area contributed by atoms with Crippen LogP contribution < -0.4 is 15.5 Å². The number of aromatic nitrogens is 2. The third kappa shape index (κ3) is 4.11. The Hall–Kier alpha value is -4.23. The van der Waals surface area contributed by atoms with E-state index in [4.69, 9.17) is 4.99 Å². The van der Waals surface area contributed by atoms with Crippen LogP contribution in [0.2, 0.25) is 0 Å². The number of nitriles is 1. The number of piperazine rings is 1. The zero-order chi connectivity index (χ0) is 25.5. The van der Waals surface area contributed by atoms with Crippen LogP contribution in [0.15, 0.2) is 59.5 Å². The molecule has 1 saturated carbocycles. The molecule has 1 aromatic heterocycles. The lowest BCUT2D eigenvalue weighted by atomic mass is 9.91. The second kappa shape index (κ2) is 9.33. The highest BCUT2D eigenvalue weighted by molar-refractivity contribution is 6.03. The minimum atomic E-state index is -0.423. The summed E-state index contributed by atoms with van der Waals surface area (Å²) in [4.78, 5) is 22.7. The minimum Gasteiger partial charge on any atom is -0.331 e. The highest BCUT2D eigenvalue weighted by atomic mass is 19.1. The number of nitrogens with zero attached hydrogens (tertiary/aromatic N) is 5. The molecule has 2 fully saturated rings. The van der Waals surface area contributed by atoms with Crippen LogP contribution in [0.1, 0.15) is 44.6 Å². The molecule has 1 aliphatic carbocycles. The van der Waals surface area contributed by atoms with Crippen LogP contribution in [0.3, 0.4) is 0 Å². The van der Waals surface area contributed by atoms with Crippen LogP contribution in [0.25, 0.3) is 10.9 Å². The van der Waals surface area contributed by atoms with E-state index in [0.717, 1.165) is 25.7 Å². The van der Waals surface area contributed by atoms with Gasteiger partial charge in [0, 0.05) is 23.3 Å². The molecule has 3 heterocycles. The number of anilines is 2. The summed E-state index contributed by atoms with van der Waals surface area (Å²) in [6.07, 6.45) is 8.41. The van der Waals surface area contributed by atoms with Crippen LogP contribution in [-0.2, 0) is 4.79 Å². The van der Waals surface area contributed by atoms with E-state index in [2.05, 4.69) is 31.8 Å². The van der Waals surface area contributed by atoms with E-state index in [-0.39, 0.29) is 11.9 Å². The van der Waals surface area contributed by atoms with Gasteiger partial charge in [-0.15, -0.1) is 0 Å². The molecule has 37 heavy (non-hydrogen) atoms. The molecule has 1 amide bonds. The Morgan fingerprint density at radius 2 is 2.03 bits per heavy atom. The lowest BCUT2D eigenvalue weighted by Gasteiger charge is -2.49. The van der Waals surface area contributed by atoms with Crippen LogP contribution >= 0.6 is 0 Å². The van der Waals surface area contributed by atoms with Crippen molar-refractivity contribution in [2.75, 3.05) is 10.2 Å². The number of halogens is 1. The summed E-state index contributed by atoms with van der Waals surface area (Å²) in [7, 11) is 0. The number of aromatic amines is 1. The number of hydrogen-bond acceptors (Lipinski definition) is 7. The number of amides is 1. The molecule has 1 unspecified atom stereocenters. The van der Waals surface area contributed by atoms with Gasteiger partial charge in [-0.1, -0.05) is 25.3 Å². The van der Waals surface area contributed by atoms with Gasteiger partial charge in [0.1, 0.15) is 11.7 Å². The molecule has 6 rings (SSSR count). The molecule has 9 nitrogen and oxygen atoms in total. The van der Waals surface area contributed by atoms with Gasteiger partial charge < -0.3 is 10.6 Å². The third-order valence-electron chi connectivity index (χ3n) is 7.43. The average molecular weight is 499 g/mol. The number of guanidine groups is 1. The van der Waals surface area contributed by atoms with E-state index in [1.807, 2.05) is 13.0 Å². The molecule has 10 heteroatoms. The topological polar surface area (TPSA) is 112 Å². The Kier molecular flexibility index (Phi) is 5.85. The van der Waals surface area contributed by atoms with Gasteiger partial charge in [0.05, 0.1) is 35.3 Å². The maximum atomic E-state index is 14.5. The second-order valence-corrected chi connectivity index (χ2v) is 9.73. The van der Waals surface area contributed by atoms with Gasteiger partial charge >= 0.3 is 0 Å². The van der Waals surface area contributed by atoms with E-state index < -0.39 is 18.0 Å². The first-order chi connectivity index (χ1) is 18.0. The largest absolute Gasteiger partial charge is 0.331 e. The van der Waals surface area contributed by atoms with Crippen molar-refractivity contribution in [1.82, 2.24) is 20.4 Å². The molecule has 3 aromatic rings. The number of nitrogens with one attached hydrogen (secondary N) is 3. The van der Waals surface area contributed by atoms with Crippen LogP contribution in [0.5, 0.6) is 0 Å². The van der Waals surface area contributed by atoms with Gasteiger partial charge in [0.25, 0.3) is 0 Å². The summed E-state index contributed by atoms with van der Waals surface area (Å²) >= 11 is 0. The summed E-state index contributed by atoms with van der Waals surface area (Å²) in [5, 5.41) is 23.0. The number of rotatable bonds is 3. The predicted molar refractivity (Wildman–Crippen MR) is 139 cm³/mol. The normalized spacial score (nSPS) is 22.6. The molecule has 1 saturated heterocycles. The molecule has 3 N–H and O–H groups in total. The Bertz CT molecular complexity index is 1460. The molecule has 0 bridgehead atoms. The summed E-state index contributed by atoms with van der Waals surface area (Å²) in [6, 6.07) is 12.2. The summed E-state index contributed by atoms with van der Waals surface area (Å²) < 4.78 is 14.5. The zero-order valence-corrected chi connectivity index (χ0v) is 20.4. The molecular weight excluding hydrogens is 471 g/mol. The number of H-pyrrole nitrogens is 1. The van der Waals surface area contributed by atoms with Crippen LogP contribution in [-0.4, -0.2) is 45.2 Å². The zero-order valence-electron chi connectivity index (χ0n) is 20.4. The Morgan fingerprint density at radius 1 is 1.19 bits per heavy atom. The maximum Gasteiger partial charge on any atom is 0.248 e. The molecule has 2 aliphatic heterocycles. The number of aliphatic imine (C=N–C) groups is 1.